The van der Waals surface area contributed by atoms with Crippen molar-refractivity contribution in [3.8, 4) is 0 Å². The number of hydrogen-bond donors (Lipinski definition) is 1. The topological polar surface area (TPSA) is 116 Å². The fourth-order valence-electron chi connectivity index (χ4n) is 2.53. The monoisotopic (exact) mass is 340 g/mol. The molecular weight excluding hydrogens is 324 g/mol. The Morgan fingerprint density at radius 3 is 2.92 bits per heavy atom. The second kappa shape index (κ2) is 7.04. The molecule has 0 radical (unpaired) electrons. The lowest BCUT2D eigenvalue weighted by Gasteiger charge is -2.10. The van der Waals surface area contributed by atoms with Crippen molar-refractivity contribution in [2.45, 2.75) is 26.3 Å². The predicted molar refractivity (Wildman–Crippen MR) is 91.0 cm³/mol. The van der Waals surface area contributed by atoms with Crippen molar-refractivity contribution in [1.82, 2.24) is 20.0 Å². The van der Waals surface area contributed by atoms with E-state index in [4.69, 9.17) is 0 Å². The first-order valence-electron chi connectivity index (χ1n) is 7.72. The third kappa shape index (κ3) is 3.94. The maximum absolute atomic E-state index is 12.2. The lowest BCUT2D eigenvalue weighted by molar-refractivity contribution is -0.384. The quantitative estimate of drug-likeness (QED) is 0.544. The van der Waals surface area contributed by atoms with E-state index in [2.05, 4.69) is 20.6 Å². The molecule has 128 valence electrons. The molecule has 0 atom stereocenters. The van der Waals surface area contributed by atoms with Gasteiger partial charge in [-0.2, -0.15) is 0 Å². The number of amides is 1. The van der Waals surface area contributed by atoms with Gasteiger partial charge in [-0.15, -0.1) is 5.10 Å². The summed E-state index contributed by atoms with van der Waals surface area (Å²) in [7, 11) is 0. The summed E-state index contributed by atoms with van der Waals surface area (Å²) in [6, 6.07) is 6.12. The molecule has 1 N–H and O–H groups in total. The highest BCUT2D eigenvalue weighted by Crippen LogP contribution is 2.27. The van der Waals surface area contributed by atoms with Gasteiger partial charge < -0.3 is 5.32 Å². The van der Waals surface area contributed by atoms with Crippen molar-refractivity contribution in [3.05, 3.63) is 52.5 Å². The molecule has 3 rings (SSSR count). The molecule has 25 heavy (non-hydrogen) atoms. The van der Waals surface area contributed by atoms with Gasteiger partial charge in [0.15, 0.2) is 0 Å². The minimum atomic E-state index is -0.469. The van der Waals surface area contributed by atoms with Gasteiger partial charge >= 0.3 is 0 Å². The van der Waals surface area contributed by atoms with Crippen LogP contribution < -0.4 is 5.32 Å². The van der Waals surface area contributed by atoms with Crippen molar-refractivity contribution in [1.29, 1.82) is 0 Å². The van der Waals surface area contributed by atoms with Crippen molar-refractivity contribution in [2.75, 3.05) is 5.32 Å². The number of anilines is 1. The molecule has 0 bridgehead atoms. The second-order valence-corrected chi connectivity index (χ2v) is 5.59. The Hall–Kier alpha value is -3.36. The van der Waals surface area contributed by atoms with Crippen LogP contribution in [0.25, 0.3) is 10.9 Å². The van der Waals surface area contributed by atoms with Gasteiger partial charge in [-0.3, -0.25) is 24.6 Å². The van der Waals surface area contributed by atoms with Crippen LogP contribution in [0.1, 0.15) is 18.5 Å². The fourth-order valence-corrected chi connectivity index (χ4v) is 2.53. The predicted octanol–water partition coefficient (Wildman–Crippen LogP) is 2.46. The van der Waals surface area contributed by atoms with E-state index in [0.29, 0.717) is 36.0 Å². The Bertz CT molecular complexity index is 923. The van der Waals surface area contributed by atoms with Gasteiger partial charge in [0.1, 0.15) is 0 Å². The minimum Gasteiger partial charge on any atom is -0.325 e. The molecule has 2 aromatic heterocycles. The number of aryl methyl sites for hydroxylation is 2. The van der Waals surface area contributed by atoms with E-state index in [0.717, 1.165) is 5.69 Å². The van der Waals surface area contributed by atoms with Gasteiger partial charge in [0.05, 0.1) is 22.3 Å². The number of non-ortho nitro benzene ring substituents is 1. The van der Waals surface area contributed by atoms with Gasteiger partial charge in [0.25, 0.3) is 5.69 Å². The van der Waals surface area contributed by atoms with E-state index >= 15 is 0 Å². The van der Waals surface area contributed by atoms with Crippen LogP contribution in [0, 0.1) is 17.0 Å². The van der Waals surface area contributed by atoms with E-state index in [1.54, 1.807) is 36.1 Å². The summed E-state index contributed by atoms with van der Waals surface area (Å²) in [6.07, 6.45) is 4.23. The lowest BCUT2D eigenvalue weighted by atomic mass is 10.1. The van der Waals surface area contributed by atoms with Crippen molar-refractivity contribution in [2.24, 2.45) is 0 Å². The van der Waals surface area contributed by atoms with Crippen LogP contribution in [0.4, 0.5) is 11.4 Å². The van der Waals surface area contributed by atoms with Crippen LogP contribution in [0.3, 0.4) is 0 Å². The molecule has 0 spiro atoms. The largest absolute Gasteiger partial charge is 0.325 e. The number of hydrogen-bond acceptors (Lipinski definition) is 6. The second-order valence-electron chi connectivity index (χ2n) is 5.59. The number of nitrogens with one attached hydrogen (secondary N) is 1. The summed E-state index contributed by atoms with van der Waals surface area (Å²) < 4.78 is 1.66. The van der Waals surface area contributed by atoms with Crippen molar-refractivity contribution < 1.29 is 9.72 Å². The zero-order chi connectivity index (χ0) is 17.8. The molecule has 0 aliphatic heterocycles. The normalized spacial score (nSPS) is 10.8. The molecule has 9 nitrogen and oxygen atoms in total. The summed E-state index contributed by atoms with van der Waals surface area (Å²) in [5.41, 5.74) is 1.81. The van der Waals surface area contributed by atoms with Crippen LogP contribution in [0.2, 0.25) is 0 Å². The third-order valence-electron chi connectivity index (χ3n) is 3.67. The first-order chi connectivity index (χ1) is 12.0. The highest BCUT2D eigenvalue weighted by atomic mass is 16.6. The number of pyridine rings is 1. The van der Waals surface area contributed by atoms with Crippen LogP contribution in [0.5, 0.6) is 0 Å². The average Bonchev–Trinajstić information content (AvgIpc) is 3.07. The first kappa shape index (κ1) is 16.5. The summed E-state index contributed by atoms with van der Waals surface area (Å²) in [5.74, 6) is -0.168. The SMILES string of the molecule is Cc1cc(NC(=O)CCCn2ccnn2)c2cc([N+](=O)[O-])ccc2n1. The van der Waals surface area contributed by atoms with Crippen LogP contribution in [0.15, 0.2) is 36.7 Å². The Balaban J connectivity index is 1.76. The summed E-state index contributed by atoms with van der Waals surface area (Å²) in [5, 5.41) is 21.9. The minimum absolute atomic E-state index is 0.0418. The fraction of sp³-hybridized carbons (Fsp3) is 0.250. The van der Waals surface area contributed by atoms with Crippen LogP contribution in [-0.4, -0.2) is 30.8 Å². The Morgan fingerprint density at radius 2 is 2.20 bits per heavy atom. The van der Waals surface area contributed by atoms with Crippen LogP contribution >= 0.6 is 0 Å². The van der Waals surface area contributed by atoms with Gasteiger partial charge in [0.2, 0.25) is 5.91 Å². The summed E-state index contributed by atoms with van der Waals surface area (Å²) in [6.45, 7) is 2.40. The Labute approximate surface area is 142 Å². The van der Waals surface area contributed by atoms with Gasteiger partial charge in [0, 0.05) is 42.4 Å². The summed E-state index contributed by atoms with van der Waals surface area (Å²) in [4.78, 5) is 27.1. The summed E-state index contributed by atoms with van der Waals surface area (Å²) >= 11 is 0. The number of nitrogens with zero attached hydrogens (tertiary/aromatic N) is 5. The molecule has 0 aliphatic carbocycles. The highest BCUT2D eigenvalue weighted by molar-refractivity contribution is 6.01. The van der Waals surface area contributed by atoms with Crippen LogP contribution in [-0.2, 0) is 11.3 Å². The number of aromatic nitrogens is 4. The van der Waals surface area contributed by atoms with Gasteiger partial charge in [-0.05, 0) is 25.5 Å². The number of nitro benzene ring substituents is 1. The molecule has 2 heterocycles. The van der Waals surface area contributed by atoms with E-state index in [1.807, 2.05) is 0 Å². The molecule has 0 fully saturated rings. The number of benzene rings is 1. The van der Waals surface area contributed by atoms with Crippen molar-refractivity contribution >= 4 is 28.2 Å². The smallest absolute Gasteiger partial charge is 0.270 e. The van der Waals surface area contributed by atoms with Crippen molar-refractivity contribution in [3.63, 3.8) is 0 Å². The van der Waals surface area contributed by atoms with E-state index in [9.17, 15) is 14.9 Å². The molecular formula is C16H16N6O3. The van der Waals surface area contributed by atoms with E-state index < -0.39 is 4.92 Å². The molecule has 0 saturated heterocycles. The molecule has 0 unspecified atom stereocenters. The molecule has 1 amide bonds. The molecule has 1 aromatic carbocycles. The molecule has 0 aliphatic rings. The maximum atomic E-state index is 12.2. The number of carbonyl (C=O) groups is 1. The number of fused-ring (bicyclic) bond motifs is 1. The molecule has 3 aromatic rings. The number of carbonyl (C=O) groups excluding carboxylic acids is 1. The Morgan fingerprint density at radius 1 is 1.36 bits per heavy atom. The standard InChI is InChI=1S/C16H16N6O3/c1-11-9-15(13-10-12(22(24)25)4-5-14(13)18-11)19-16(23)3-2-7-21-8-6-17-20-21/h4-6,8-10H,2-3,7H2,1H3,(H,18,19,23). The third-order valence-corrected chi connectivity index (χ3v) is 3.67. The zero-order valence-electron chi connectivity index (χ0n) is 13.5. The zero-order valence-corrected chi connectivity index (χ0v) is 13.5. The number of nitro groups is 1. The van der Waals surface area contributed by atoms with E-state index in [1.165, 1.54) is 12.1 Å². The molecule has 9 heteroatoms. The maximum Gasteiger partial charge on any atom is 0.270 e. The van der Waals surface area contributed by atoms with E-state index in [-0.39, 0.29) is 11.6 Å². The van der Waals surface area contributed by atoms with Gasteiger partial charge in [-0.1, -0.05) is 5.21 Å². The average molecular weight is 340 g/mol. The lowest BCUT2D eigenvalue weighted by Crippen LogP contribution is -2.13. The number of rotatable bonds is 6. The molecule has 0 saturated carbocycles. The highest BCUT2D eigenvalue weighted by Gasteiger charge is 2.12. The first-order valence-corrected chi connectivity index (χ1v) is 7.72. The van der Waals surface area contributed by atoms with Gasteiger partial charge in [-0.25, -0.2) is 0 Å². The Kier molecular flexibility index (Phi) is 4.64.